The summed E-state index contributed by atoms with van der Waals surface area (Å²) >= 11 is 0. The summed E-state index contributed by atoms with van der Waals surface area (Å²) in [4.78, 5) is 8.05. The fraction of sp³-hybridized carbons (Fsp3) is 0. The summed E-state index contributed by atoms with van der Waals surface area (Å²) in [6, 6.07) is 8.38. The van der Waals surface area contributed by atoms with Crippen LogP contribution in [0.5, 0.6) is 0 Å². The highest BCUT2D eigenvalue weighted by molar-refractivity contribution is 5.55. The largest absolute Gasteiger partial charge is 0.368 e. The van der Waals surface area contributed by atoms with Gasteiger partial charge in [-0.2, -0.15) is 9.67 Å². The molecule has 0 atom stereocenters. The van der Waals surface area contributed by atoms with Gasteiger partial charge >= 0.3 is 0 Å². The molecule has 0 fully saturated rings. The maximum Gasteiger partial charge on any atom is 0.248 e. The summed E-state index contributed by atoms with van der Waals surface area (Å²) in [6.45, 7) is 0. The van der Waals surface area contributed by atoms with Crippen molar-refractivity contribution in [2.45, 2.75) is 0 Å². The van der Waals surface area contributed by atoms with Gasteiger partial charge in [-0.25, -0.2) is 13.8 Å². The van der Waals surface area contributed by atoms with Crippen molar-refractivity contribution in [1.82, 2.24) is 19.7 Å². The number of rotatable bonds is 3. The number of benzene rings is 1. The molecule has 3 N–H and O–H groups in total. The number of nitrogens with two attached hydrogens (primary N) is 1. The zero-order chi connectivity index (χ0) is 14.8. The van der Waals surface area contributed by atoms with Gasteiger partial charge in [-0.05, 0) is 24.3 Å². The molecular formula is C13H10F2N6. The Bertz CT molecular complexity index is 772. The van der Waals surface area contributed by atoms with Crippen molar-refractivity contribution in [3.8, 4) is 5.82 Å². The number of aromatic nitrogens is 4. The number of nitrogen functional groups attached to an aromatic ring is 1. The maximum atomic E-state index is 13.6. The molecule has 0 saturated carbocycles. The number of anilines is 3. The molecule has 0 spiro atoms. The predicted molar refractivity (Wildman–Crippen MR) is 73.2 cm³/mol. The van der Waals surface area contributed by atoms with Gasteiger partial charge in [0.25, 0.3) is 0 Å². The molecule has 3 aromatic rings. The summed E-state index contributed by atoms with van der Waals surface area (Å²) in [5.41, 5.74) is 5.80. The highest BCUT2D eigenvalue weighted by Gasteiger charge is 2.11. The molecule has 6 nitrogen and oxygen atoms in total. The van der Waals surface area contributed by atoms with Gasteiger partial charge in [0.05, 0.1) is 5.69 Å². The molecule has 0 aliphatic heterocycles. The van der Waals surface area contributed by atoms with Crippen LogP contribution in [0.25, 0.3) is 5.82 Å². The SMILES string of the molecule is Nc1nc(Nc2ccc(F)cc2F)nn1-c1ccccn1. The minimum atomic E-state index is -0.747. The van der Waals surface area contributed by atoms with Gasteiger partial charge in [0.1, 0.15) is 11.6 Å². The van der Waals surface area contributed by atoms with Crippen LogP contribution in [0.2, 0.25) is 0 Å². The van der Waals surface area contributed by atoms with Gasteiger partial charge in [0, 0.05) is 12.3 Å². The number of nitrogens with zero attached hydrogens (tertiary/aromatic N) is 4. The topological polar surface area (TPSA) is 81.6 Å². The minimum Gasteiger partial charge on any atom is -0.368 e. The van der Waals surface area contributed by atoms with Crippen molar-refractivity contribution in [3.05, 3.63) is 54.2 Å². The van der Waals surface area contributed by atoms with Gasteiger partial charge in [0.15, 0.2) is 5.82 Å². The summed E-state index contributed by atoms with van der Waals surface area (Å²) in [6.07, 6.45) is 1.59. The van der Waals surface area contributed by atoms with E-state index in [0.29, 0.717) is 5.82 Å². The first-order valence-electron chi connectivity index (χ1n) is 5.99. The van der Waals surface area contributed by atoms with Crippen LogP contribution in [0.15, 0.2) is 42.6 Å². The Balaban J connectivity index is 1.91. The zero-order valence-electron chi connectivity index (χ0n) is 10.7. The zero-order valence-corrected chi connectivity index (χ0v) is 10.7. The smallest absolute Gasteiger partial charge is 0.248 e. The van der Waals surface area contributed by atoms with E-state index in [4.69, 9.17) is 5.73 Å². The van der Waals surface area contributed by atoms with E-state index in [0.717, 1.165) is 12.1 Å². The van der Waals surface area contributed by atoms with Crippen molar-refractivity contribution in [2.75, 3.05) is 11.1 Å². The molecule has 106 valence electrons. The Kier molecular flexibility index (Phi) is 3.19. The normalized spacial score (nSPS) is 10.6. The molecule has 0 amide bonds. The second-order valence-corrected chi connectivity index (χ2v) is 4.14. The van der Waals surface area contributed by atoms with Crippen LogP contribution >= 0.6 is 0 Å². The maximum absolute atomic E-state index is 13.6. The second-order valence-electron chi connectivity index (χ2n) is 4.14. The van der Waals surface area contributed by atoms with Crippen molar-refractivity contribution >= 4 is 17.6 Å². The van der Waals surface area contributed by atoms with Crippen LogP contribution in [-0.4, -0.2) is 19.7 Å². The Morgan fingerprint density at radius 1 is 1.14 bits per heavy atom. The van der Waals surface area contributed by atoms with Gasteiger partial charge in [0.2, 0.25) is 11.9 Å². The molecule has 8 heteroatoms. The highest BCUT2D eigenvalue weighted by atomic mass is 19.1. The molecule has 0 unspecified atom stereocenters. The first-order chi connectivity index (χ1) is 10.1. The molecule has 0 aliphatic carbocycles. The average Bonchev–Trinajstić information content (AvgIpc) is 2.84. The van der Waals surface area contributed by atoms with Gasteiger partial charge in [-0.3, -0.25) is 0 Å². The van der Waals surface area contributed by atoms with Crippen LogP contribution < -0.4 is 11.1 Å². The predicted octanol–water partition coefficient (Wildman–Crippen LogP) is 2.27. The summed E-state index contributed by atoms with van der Waals surface area (Å²) in [5.74, 6) is -0.746. The number of nitrogens with one attached hydrogen (secondary N) is 1. The van der Waals surface area contributed by atoms with Crippen LogP contribution in [0.3, 0.4) is 0 Å². The van der Waals surface area contributed by atoms with Crippen LogP contribution in [0.4, 0.5) is 26.4 Å². The second kappa shape index (κ2) is 5.16. The van der Waals surface area contributed by atoms with E-state index in [1.807, 2.05) is 0 Å². The number of pyridine rings is 1. The Labute approximate surface area is 118 Å². The van der Waals surface area contributed by atoms with Crippen molar-refractivity contribution in [1.29, 1.82) is 0 Å². The Morgan fingerprint density at radius 3 is 2.71 bits per heavy atom. The van der Waals surface area contributed by atoms with Crippen molar-refractivity contribution < 1.29 is 8.78 Å². The molecule has 0 bridgehead atoms. The standard InChI is InChI=1S/C13H10F2N6/c14-8-4-5-10(9(15)7-8)18-13-19-12(16)21(20-13)11-3-1-2-6-17-11/h1-7H,(H3,16,18,19,20). The van der Waals surface area contributed by atoms with E-state index >= 15 is 0 Å². The number of halogens is 2. The number of hydrogen-bond donors (Lipinski definition) is 2. The molecule has 21 heavy (non-hydrogen) atoms. The first-order valence-corrected chi connectivity index (χ1v) is 5.99. The summed E-state index contributed by atoms with van der Waals surface area (Å²) < 4.78 is 27.7. The molecule has 0 saturated heterocycles. The molecular weight excluding hydrogens is 278 g/mol. The Morgan fingerprint density at radius 2 is 2.00 bits per heavy atom. The average molecular weight is 288 g/mol. The fourth-order valence-corrected chi connectivity index (χ4v) is 1.74. The lowest BCUT2D eigenvalue weighted by Gasteiger charge is -2.03. The van der Waals surface area contributed by atoms with Gasteiger partial charge < -0.3 is 11.1 Å². The fourth-order valence-electron chi connectivity index (χ4n) is 1.74. The lowest BCUT2D eigenvalue weighted by Crippen LogP contribution is -2.04. The first kappa shape index (κ1) is 13.0. The van der Waals surface area contributed by atoms with E-state index in [9.17, 15) is 8.78 Å². The third-order valence-corrected chi connectivity index (χ3v) is 2.68. The van der Waals surface area contributed by atoms with Crippen molar-refractivity contribution in [2.24, 2.45) is 0 Å². The summed E-state index contributed by atoms with van der Waals surface area (Å²) in [7, 11) is 0. The third-order valence-electron chi connectivity index (χ3n) is 2.68. The van der Waals surface area contributed by atoms with Crippen LogP contribution in [-0.2, 0) is 0 Å². The van der Waals surface area contributed by atoms with E-state index in [-0.39, 0.29) is 17.6 Å². The molecule has 2 aromatic heterocycles. The van der Waals surface area contributed by atoms with Gasteiger partial charge in [-0.15, -0.1) is 5.10 Å². The summed E-state index contributed by atoms with van der Waals surface area (Å²) in [5, 5.41) is 6.72. The Hall–Kier alpha value is -3.03. The molecule has 3 rings (SSSR count). The monoisotopic (exact) mass is 288 g/mol. The van der Waals surface area contributed by atoms with Crippen LogP contribution in [0.1, 0.15) is 0 Å². The van der Waals surface area contributed by atoms with Crippen molar-refractivity contribution in [3.63, 3.8) is 0 Å². The number of hydrogen-bond acceptors (Lipinski definition) is 5. The van der Waals surface area contributed by atoms with Gasteiger partial charge in [-0.1, -0.05) is 6.07 Å². The van der Waals surface area contributed by atoms with E-state index in [1.54, 1.807) is 24.4 Å². The van der Waals surface area contributed by atoms with Crippen LogP contribution in [0, 0.1) is 11.6 Å². The minimum absolute atomic E-state index is 0.0505. The van der Waals surface area contributed by atoms with E-state index in [1.165, 1.54) is 10.7 Å². The van der Waals surface area contributed by atoms with E-state index in [2.05, 4.69) is 20.4 Å². The molecule has 2 heterocycles. The van der Waals surface area contributed by atoms with E-state index < -0.39 is 11.6 Å². The lowest BCUT2D eigenvalue weighted by atomic mass is 10.3. The highest BCUT2D eigenvalue weighted by Crippen LogP contribution is 2.20. The lowest BCUT2D eigenvalue weighted by molar-refractivity contribution is 0.586. The molecule has 1 aromatic carbocycles. The third kappa shape index (κ3) is 2.64. The quantitative estimate of drug-likeness (QED) is 0.772. The molecule has 0 aliphatic rings. The molecule has 0 radical (unpaired) electrons.